The minimum Gasteiger partial charge on any atom is -0.423 e. The molecule has 2 N–H and O–H groups in total. The fourth-order valence-corrected chi connectivity index (χ4v) is 1.26. The predicted molar refractivity (Wildman–Crippen MR) is 46.0 cm³/mol. The first-order valence-electron chi connectivity index (χ1n) is 4.08. The van der Waals surface area contributed by atoms with Gasteiger partial charge in [-0.3, -0.25) is 4.98 Å². The molecule has 0 bridgehead atoms. The van der Waals surface area contributed by atoms with Crippen LogP contribution in [0.25, 0.3) is 0 Å². The van der Waals surface area contributed by atoms with Gasteiger partial charge in [-0.1, -0.05) is 6.07 Å². The number of rotatable bonds is 2. The molecular formula is C8H10BNO2. The smallest absolute Gasteiger partial charge is 0.423 e. The summed E-state index contributed by atoms with van der Waals surface area (Å²) in [6.07, 6.45) is 5.68. The highest BCUT2D eigenvalue weighted by Crippen LogP contribution is 2.39. The van der Waals surface area contributed by atoms with Gasteiger partial charge in [-0.2, -0.15) is 0 Å². The molecule has 1 saturated carbocycles. The van der Waals surface area contributed by atoms with Crippen LogP contribution in [0.4, 0.5) is 0 Å². The molecule has 0 spiro atoms. The monoisotopic (exact) mass is 163 g/mol. The van der Waals surface area contributed by atoms with Crippen LogP contribution in [0.2, 0.25) is 0 Å². The van der Waals surface area contributed by atoms with Crippen LogP contribution in [0.15, 0.2) is 18.5 Å². The highest BCUT2D eigenvalue weighted by atomic mass is 16.4. The van der Waals surface area contributed by atoms with Crippen molar-refractivity contribution in [2.75, 3.05) is 0 Å². The van der Waals surface area contributed by atoms with Crippen molar-refractivity contribution in [1.82, 2.24) is 4.98 Å². The standard InChI is InChI=1S/C8H10BNO2/c11-9(12)8-3-7(4-10-5-8)6-1-2-6/h3-6,11-12H,1-2H2. The van der Waals surface area contributed by atoms with Gasteiger partial charge in [0, 0.05) is 17.9 Å². The van der Waals surface area contributed by atoms with Crippen molar-refractivity contribution in [2.24, 2.45) is 0 Å². The summed E-state index contributed by atoms with van der Waals surface area (Å²) in [4.78, 5) is 3.95. The number of hydrogen-bond acceptors (Lipinski definition) is 3. The third-order valence-corrected chi connectivity index (χ3v) is 2.13. The van der Waals surface area contributed by atoms with E-state index in [1.807, 2.05) is 6.07 Å². The average Bonchev–Trinajstić information content (AvgIpc) is 2.87. The number of pyridine rings is 1. The van der Waals surface area contributed by atoms with Gasteiger partial charge in [-0.15, -0.1) is 0 Å². The summed E-state index contributed by atoms with van der Waals surface area (Å²) in [5.41, 5.74) is 1.61. The SMILES string of the molecule is OB(O)c1cncc(C2CC2)c1. The maximum absolute atomic E-state index is 8.87. The molecule has 1 aliphatic carbocycles. The molecule has 12 heavy (non-hydrogen) atoms. The summed E-state index contributed by atoms with van der Waals surface area (Å²) < 4.78 is 0. The molecule has 1 heterocycles. The molecular weight excluding hydrogens is 153 g/mol. The van der Waals surface area contributed by atoms with Crippen LogP contribution < -0.4 is 5.46 Å². The normalized spacial score (nSPS) is 16.2. The molecule has 1 aliphatic rings. The number of nitrogens with zero attached hydrogens (tertiary/aromatic N) is 1. The fraction of sp³-hybridized carbons (Fsp3) is 0.375. The van der Waals surface area contributed by atoms with E-state index in [1.165, 1.54) is 19.0 Å². The second kappa shape index (κ2) is 2.88. The maximum Gasteiger partial charge on any atom is 0.490 e. The lowest BCUT2D eigenvalue weighted by molar-refractivity contribution is 0.425. The molecule has 62 valence electrons. The Balaban J connectivity index is 2.26. The van der Waals surface area contributed by atoms with Gasteiger partial charge in [0.05, 0.1) is 0 Å². The van der Waals surface area contributed by atoms with Gasteiger partial charge in [0.15, 0.2) is 0 Å². The van der Waals surface area contributed by atoms with Crippen molar-refractivity contribution in [2.45, 2.75) is 18.8 Å². The molecule has 3 nitrogen and oxygen atoms in total. The molecule has 0 saturated heterocycles. The summed E-state index contributed by atoms with van der Waals surface area (Å²) in [6.45, 7) is 0. The van der Waals surface area contributed by atoms with E-state index in [1.54, 1.807) is 6.20 Å². The van der Waals surface area contributed by atoms with Crippen LogP contribution in [-0.2, 0) is 0 Å². The fourth-order valence-electron chi connectivity index (χ4n) is 1.26. The summed E-state index contributed by atoms with van der Waals surface area (Å²) in [5, 5.41) is 17.7. The van der Waals surface area contributed by atoms with Gasteiger partial charge in [-0.25, -0.2) is 0 Å². The number of aromatic nitrogens is 1. The van der Waals surface area contributed by atoms with Crippen molar-refractivity contribution in [3.05, 3.63) is 24.0 Å². The quantitative estimate of drug-likeness (QED) is 0.585. The first-order chi connectivity index (χ1) is 5.77. The van der Waals surface area contributed by atoms with Gasteiger partial charge in [0.25, 0.3) is 0 Å². The second-order valence-corrected chi connectivity index (χ2v) is 3.20. The summed E-state index contributed by atoms with van der Waals surface area (Å²) in [6, 6.07) is 1.81. The molecule has 0 unspecified atom stereocenters. The van der Waals surface area contributed by atoms with E-state index in [0.717, 1.165) is 5.56 Å². The Morgan fingerprint density at radius 1 is 1.33 bits per heavy atom. The molecule has 1 aromatic rings. The minimum absolute atomic E-state index is 0.486. The lowest BCUT2D eigenvalue weighted by Gasteiger charge is -2.01. The van der Waals surface area contributed by atoms with E-state index >= 15 is 0 Å². The molecule has 0 aromatic carbocycles. The van der Waals surface area contributed by atoms with E-state index in [0.29, 0.717) is 11.4 Å². The Hall–Kier alpha value is -0.865. The summed E-state index contributed by atoms with van der Waals surface area (Å²) >= 11 is 0. The first kappa shape index (κ1) is 7.77. The van der Waals surface area contributed by atoms with Crippen LogP contribution in [0, 0.1) is 0 Å². The van der Waals surface area contributed by atoms with E-state index in [2.05, 4.69) is 4.98 Å². The van der Waals surface area contributed by atoms with E-state index in [-0.39, 0.29) is 0 Å². The Morgan fingerprint density at radius 3 is 2.67 bits per heavy atom. The largest absolute Gasteiger partial charge is 0.490 e. The molecule has 4 heteroatoms. The Kier molecular flexibility index (Phi) is 1.86. The third-order valence-electron chi connectivity index (χ3n) is 2.13. The third kappa shape index (κ3) is 1.49. The highest BCUT2D eigenvalue weighted by molar-refractivity contribution is 6.58. The van der Waals surface area contributed by atoms with Crippen molar-refractivity contribution < 1.29 is 10.0 Å². The molecule has 0 amide bonds. The lowest BCUT2D eigenvalue weighted by Crippen LogP contribution is -2.30. The summed E-state index contributed by atoms with van der Waals surface area (Å²) in [7, 11) is -1.39. The predicted octanol–water partition coefficient (Wildman–Crippen LogP) is -0.361. The lowest BCUT2D eigenvalue weighted by atomic mass is 9.81. The zero-order valence-electron chi connectivity index (χ0n) is 6.64. The highest BCUT2D eigenvalue weighted by Gasteiger charge is 2.24. The van der Waals surface area contributed by atoms with Crippen LogP contribution in [0.5, 0.6) is 0 Å². The molecule has 2 rings (SSSR count). The molecule has 0 atom stereocenters. The first-order valence-corrected chi connectivity index (χ1v) is 4.08. The molecule has 1 aromatic heterocycles. The molecule has 0 radical (unpaired) electrons. The van der Waals surface area contributed by atoms with Crippen LogP contribution in [0.1, 0.15) is 24.3 Å². The second-order valence-electron chi connectivity index (χ2n) is 3.20. The van der Waals surface area contributed by atoms with Crippen molar-refractivity contribution in [3.8, 4) is 0 Å². The minimum atomic E-state index is -1.39. The molecule has 1 fully saturated rings. The maximum atomic E-state index is 8.87. The van der Waals surface area contributed by atoms with Gasteiger partial charge in [0.1, 0.15) is 0 Å². The van der Waals surface area contributed by atoms with Crippen LogP contribution >= 0.6 is 0 Å². The molecule has 0 aliphatic heterocycles. The van der Waals surface area contributed by atoms with E-state index in [9.17, 15) is 0 Å². The Morgan fingerprint density at radius 2 is 2.08 bits per heavy atom. The zero-order valence-corrected chi connectivity index (χ0v) is 6.64. The average molecular weight is 163 g/mol. The van der Waals surface area contributed by atoms with Crippen LogP contribution in [0.3, 0.4) is 0 Å². The Labute approximate surface area is 71.2 Å². The van der Waals surface area contributed by atoms with Crippen molar-refractivity contribution >= 4 is 12.6 Å². The van der Waals surface area contributed by atoms with Crippen molar-refractivity contribution in [3.63, 3.8) is 0 Å². The van der Waals surface area contributed by atoms with Gasteiger partial charge < -0.3 is 10.0 Å². The van der Waals surface area contributed by atoms with Crippen LogP contribution in [-0.4, -0.2) is 22.2 Å². The van der Waals surface area contributed by atoms with E-state index < -0.39 is 7.12 Å². The van der Waals surface area contributed by atoms with Gasteiger partial charge in [0.2, 0.25) is 0 Å². The van der Waals surface area contributed by atoms with Gasteiger partial charge in [-0.05, 0) is 24.3 Å². The Bertz CT molecular complexity index is 269. The van der Waals surface area contributed by atoms with E-state index in [4.69, 9.17) is 10.0 Å². The zero-order chi connectivity index (χ0) is 8.55. The van der Waals surface area contributed by atoms with Crippen molar-refractivity contribution in [1.29, 1.82) is 0 Å². The topological polar surface area (TPSA) is 53.4 Å². The summed E-state index contributed by atoms with van der Waals surface area (Å²) in [5.74, 6) is 0.608. The number of hydrogen-bond donors (Lipinski definition) is 2. The van der Waals surface area contributed by atoms with Gasteiger partial charge >= 0.3 is 7.12 Å².